The van der Waals surface area contributed by atoms with Crippen molar-refractivity contribution in [2.45, 2.75) is 11.3 Å². The van der Waals surface area contributed by atoms with E-state index in [-0.39, 0.29) is 11.4 Å². The number of aromatic nitrogens is 3. The van der Waals surface area contributed by atoms with Crippen LogP contribution < -0.4 is 14.2 Å². The maximum atomic E-state index is 12.2. The van der Waals surface area contributed by atoms with Crippen LogP contribution in [0.2, 0.25) is 0 Å². The molecule has 0 bridgehead atoms. The molecule has 0 saturated carbocycles. The van der Waals surface area contributed by atoms with Gasteiger partial charge in [0.2, 0.25) is 10.0 Å². The quantitative estimate of drug-likeness (QED) is 0.811. The molecule has 0 radical (unpaired) electrons. The zero-order valence-electron chi connectivity index (χ0n) is 11.1. The molecule has 1 aromatic carbocycles. The van der Waals surface area contributed by atoms with Gasteiger partial charge in [0.25, 0.3) is 0 Å². The highest BCUT2D eigenvalue weighted by molar-refractivity contribution is 7.89. The van der Waals surface area contributed by atoms with E-state index in [1.807, 2.05) is 0 Å². The molecule has 8 nitrogen and oxygen atoms in total. The zero-order chi connectivity index (χ0) is 14.7. The van der Waals surface area contributed by atoms with Crippen LogP contribution in [0.4, 0.5) is 0 Å². The average Bonchev–Trinajstić information content (AvgIpc) is 3.00. The van der Waals surface area contributed by atoms with Crippen molar-refractivity contribution in [3.8, 4) is 11.5 Å². The predicted octanol–water partition coefficient (Wildman–Crippen LogP) is 0.0969. The van der Waals surface area contributed by atoms with E-state index in [1.165, 1.54) is 18.5 Å². The van der Waals surface area contributed by atoms with Crippen molar-refractivity contribution in [1.82, 2.24) is 19.9 Å². The molecule has 0 amide bonds. The summed E-state index contributed by atoms with van der Waals surface area (Å²) >= 11 is 0. The van der Waals surface area contributed by atoms with Crippen molar-refractivity contribution < 1.29 is 17.9 Å². The lowest BCUT2D eigenvalue weighted by molar-refractivity contribution is 0.171. The van der Waals surface area contributed by atoms with Gasteiger partial charge in [-0.25, -0.2) is 18.1 Å². The number of sulfonamides is 1. The molecule has 2 aromatic rings. The van der Waals surface area contributed by atoms with Crippen molar-refractivity contribution in [3.63, 3.8) is 0 Å². The van der Waals surface area contributed by atoms with Crippen LogP contribution in [0.1, 0.15) is 5.82 Å². The lowest BCUT2D eigenvalue weighted by Gasteiger charge is -2.18. The number of hydrogen-bond donors (Lipinski definition) is 2. The fourth-order valence-corrected chi connectivity index (χ4v) is 2.98. The molecule has 9 heteroatoms. The second kappa shape index (κ2) is 5.70. The van der Waals surface area contributed by atoms with E-state index in [0.717, 1.165) is 0 Å². The molecule has 2 heterocycles. The van der Waals surface area contributed by atoms with Crippen LogP contribution in [0.15, 0.2) is 29.4 Å². The van der Waals surface area contributed by atoms with Crippen LogP contribution in [0.3, 0.4) is 0 Å². The molecule has 112 valence electrons. The minimum Gasteiger partial charge on any atom is -0.486 e. The number of hydrogen-bond acceptors (Lipinski definition) is 6. The van der Waals surface area contributed by atoms with E-state index in [2.05, 4.69) is 19.9 Å². The Labute approximate surface area is 121 Å². The van der Waals surface area contributed by atoms with E-state index in [0.29, 0.717) is 37.0 Å². The summed E-state index contributed by atoms with van der Waals surface area (Å²) in [4.78, 5) is 4.07. The molecule has 0 spiro atoms. The minimum atomic E-state index is -3.59. The lowest BCUT2D eigenvalue weighted by Crippen LogP contribution is -2.26. The molecule has 0 atom stereocenters. The average molecular weight is 310 g/mol. The van der Waals surface area contributed by atoms with E-state index >= 15 is 0 Å². The molecular weight excluding hydrogens is 296 g/mol. The van der Waals surface area contributed by atoms with Crippen molar-refractivity contribution in [2.75, 3.05) is 19.8 Å². The first-order valence-corrected chi connectivity index (χ1v) is 7.87. The van der Waals surface area contributed by atoms with Gasteiger partial charge in [-0.1, -0.05) is 0 Å². The maximum absolute atomic E-state index is 12.2. The van der Waals surface area contributed by atoms with Gasteiger partial charge in [0.05, 0.1) is 4.90 Å². The third-order valence-electron chi connectivity index (χ3n) is 2.94. The highest BCUT2D eigenvalue weighted by Gasteiger charge is 2.19. The molecule has 1 aliphatic rings. The number of fused-ring (bicyclic) bond motifs is 1. The second-order valence-corrected chi connectivity index (χ2v) is 6.15. The molecule has 1 aliphatic heterocycles. The van der Waals surface area contributed by atoms with E-state index in [1.54, 1.807) is 6.07 Å². The topological polar surface area (TPSA) is 106 Å². The van der Waals surface area contributed by atoms with Crippen LogP contribution in [-0.4, -0.2) is 43.4 Å². The molecular formula is C12H14N4O4S. The van der Waals surface area contributed by atoms with Gasteiger partial charge in [-0.2, -0.15) is 5.10 Å². The Bertz CT molecular complexity index is 715. The fourth-order valence-electron chi connectivity index (χ4n) is 1.93. The summed E-state index contributed by atoms with van der Waals surface area (Å²) in [6.07, 6.45) is 1.81. The van der Waals surface area contributed by atoms with Crippen molar-refractivity contribution >= 4 is 10.0 Å². The molecule has 21 heavy (non-hydrogen) atoms. The first kappa shape index (κ1) is 13.8. The number of ether oxygens (including phenoxy) is 2. The lowest BCUT2D eigenvalue weighted by atomic mass is 10.3. The SMILES string of the molecule is O=S(=O)(NCCc1ncn[nH]1)c1ccc2c(c1)OCCO2. The Hall–Kier alpha value is -2.13. The van der Waals surface area contributed by atoms with Crippen molar-refractivity contribution in [1.29, 1.82) is 0 Å². The number of H-pyrrole nitrogens is 1. The van der Waals surface area contributed by atoms with Crippen molar-refractivity contribution in [2.24, 2.45) is 0 Å². The van der Waals surface area contributed by atoms with E-state index in [9.17, 15) is 8.42 Å². The molecule has 0 fully saturated rings. The Morgan fingerprint density at radius 1 is 1.24 bits per heavy atom. The smallest absolute Gasteiger partial charge is 0.240 e. The monoisotopic (exact) mass is 310 g/mol. The fraction of sp³-hybridized carbons (Fsp3) is 0.333. The van der Waals surface area contributed by atoms with Gasteiger partial charge in [0.1, 0.15) is 25.4 Å². The normalized spacial score (nSPS) is 14.1. The van der Waals surface area contributed by atoms with Gasteiger partial charge in [-0.15, -0.1) is 0 Å². The first-order valence-electron chi connectivity index (χ1n) is 6.39. The van der Waals surface area contributed by atoms with Gasteiger partial charge in [-0.3, -0.25) is 5.10 Å². The minimum absolute atomic E-state index is 0.143. The molecule has 3 rings (SSSR count). The summed E-state index contributed by atoms with van der Waals surface area (Å²) < 4.78 is 37.6. The summed E-state index contributed by atoms with van der Waals surface area (Å²) in [6, 6.07) is 4.55. The summed E-state index contributed by atoms with van der Waals surface area (Å²) in [5, 5.41) is 6.37. The molecule has 2 N–H and O–H groups in total. The van der Waals surface area contributed by atoms with Crippen LogP contribution in [-0.2, 0) is 16.4 Å². The van der Waals surface area contributed by atoms with Crippen LogP contribution in [0, 0.1) is 0 Å². The molecule has 0 aliphatic carbocycles. The van der Waals surface area contributed by atoms with Gasteiger partial charge < -0.3 is 9.47 Å². The standard InChI is InChI=1S/C12H14N4O4S/c17-21(18,15-4-3-12-13-8-14-16-12)9-1-2-10-11(7-9)20-6-5-19-10/h1-2,7-8,15H,3-6H2,(H,13,14,16). The Balaban J connectivity index is 1.69. The van der Waals surface area contributed by atoms with E-state index in [4.69, 9.17) is 9.47 Å². The number of rotatable bonds is 5. The Kier molecular flexibility index (Phi) is 3.76. The van der Waals surface area contributed by atoms with Gasteiger partial charge in [0.15, 0.2) is 11.5 Å². The largest absolute Gasteiger partial charge is 0.486 e. The summed E-state index contributed by atoms with van der Waals surface area (Å²) in [7, 11) is -3.59. The highest BCUT2D eigenvalue weighted by Crippen LogP contribution is 2.32. The maximum Gasteiger partial charge on any atom is 0.240 e. The molecule has 1 aromatic heterocycles. The third kappa shape index (κ3) is 3.14. The number of nitrogens with one attached hydrogen (secondary N) is 2. The van der Waals surface area contributed by atoms with E-state index < -0.39 is 10.0 Å². The van der Waals surface area contributed by atoms with Crippen molar-refractivity contribution in [3.05, 3.63) is 30.4 Å². The van der Waals surface area contributed by atoms with Gasteiger partial charge in [-0.05, 0) is 12.1 Å². The highest BCUT2D eigenvalue weighted by atomic mass is 32.2. The Morgan fingerprint density at radius 3 is 2.81 bits per heavy atom. The summed E-state index contributed by atoms with van der Waals surface area (Å²) in [5.41, 5.74) is 0. The third-order valence-corrected chi connectivity index (χ3v) is 4.40. The predicted molar refractivity (Wildman–Crippen MR) is 72.7 cm³/mol. The van der Waals surface area contributed by atoms with Gasteiger partial charge in [0, 0.05) is 19.0 Å². The number of aromatic amines is 1. The van der Waals surface area contributed by atoms with Crippen LogP contribution in [0.25, 0.3) is 0 Å². The number of nitrogens with zero attached hydrogens (tertiary/aromatic N) is 2. The Morgan fingerprint density at radius 2 is 2.05 bits per heavy atom. The first-order chi connectivity index (χ1) is 10.1. The summed E-state index contributed by atoms with van der Waals surface area (Å²) in [6.45, 7) is 1.11. The molecule has 0 saturated heterocycles. The molecule has 0 unspecified atom stereocenters. The summed E-state index contributed by atoms with van der Waals surface area (Å²) in [5.74, 6) is 1.63. The van der Waals surface area contributed by atoms with Crippen LogP contribution in [0.5, 0.6) is 11.5 Å². The zero-order valence-corrected chi connectivity index (χ0v) is 11.9. The number of benzene rings is 1. The van der Waals surface area contributed by atoms with Gasteiger partial charge >= 0.3 is 0 Å². The van der Waals surface area contributed by atoms with Crippen LogP contribution >= 0.6 is 0 Å². The second-order valence-electron chi connectivity index (χ2n) is 4.39.